The van der Waals surface area contributed by atoms with Crippen LogP contribution in [-0.2, 0) is 23.2 Å². The first-order valence-electron chi connectivity index (χ1n) is 9.31. The molecule has 1 heterocycles. The predicted molar refractivity (Wildman–Crippen MR) is 115 cm³/mol. The van der Waals surface area contributed by atoms with Gasteiger partial charge < -0.3 is 4.57 Å². The number of nitrogens with zero attached hydrogens (tertiary/aromatic N) is 2. The molecule has 0 fully saturated rings. The van der Waals surface area contributed by atoms with E-state index in [0.29, 0.717) is 13.0 Å². The number of fused-ring (bicyclic) bond motifs is 1. The Morgan fingerprint density at radius 3 is 2.57 bits per heavy atom. The van der Waals surface area contributed by atoms with Crippen LogP contribution in [0.25, 0.3) is 10.9 Å². The molecule has 0 aliphatic heterocycles. The van der Waals surface area contributed by atoms with E-state index in [1.54, 1.807) is 6.21 Å². The molecule has 0 saturated carbocycles. The summed E-state index contributed by atoms with van der Waals surface area (Å²) in [4.78, 5) is 12.2. The van der Waals surface area contributed by atoms with Gasteiger partial charge in [-0.25, -0.2) is 5.43 Å². The van der Waals surface area contributed by atoms with Crippen molar-refractivity contribution in [3.05, 3.63) is 71.4 Å². The largest absolute Gasteiger partial charge is 0.335 e. The number of carbonyl (C=O) groups is 1. The maximum atomic E-state index is 12.2. The van der Waals surface area contributed by atoms with Gasteiger partial charge in [0.1, 0.15) is 0 Å². The molecule has 0 atom stereocenters. The molecule has 3 rings (SSSR count). The minimum absolute atomic E-state index is 0.101. The molecule has 142 valence electrons. The number of hydrazone groups is 1. The van der Waals surface area contributed by atoms with E-state index >= 15 is 0 Å². The summed E-state index contributed by atoms with van der Waals surface area (Å²) in [5.41, 5.74) is 6.89. The van der Waals surface area contributed by atoms with Crippen LogP contribution in [-0.4, -0.2) is 16.7 Å². The highest BCUT2D eigenvalue weighted by atomic mass is 16.2. The predicted octanol–water partition coefficient (Wildman–Crippen LogP) is 4.26. The second-order valence-electron chi connectivity index (χ2n) is 7.85. The maximum absolute atomic E-state index is 12.2. The van der Waals surface area contributed by atoms with Crippen LogP contribution in [0.1, 0.15) is 37.5 Å². The van der Waals surface area contributed by atoms with Crippen molar-refractivity contribution in [1.82, 2.24) is 9.99 Å². The monoisotopic (exact) mass is 371 g/mol. The molecule has 1 N–H and O–H groups in total. The summed E-state index contributed by atoms with van der Waals surface area (Å²) in [5.74, 6) is 2.51. The maximum Gasteiger partial charge on any atom is 0.244 e. The summed E-state index contributed by atoms with van der Waals surface area (Å²) >= 11 is 0. The van der Waals surface area contributed by atoms with Gasteiger partial charge in [0, 0.05) is 22.7 Å². The van der Waals surface area contributed by atoms with E-state index in [1.165, 1.54) is 5.56 Å². The van der Waals surface area contributed by atoms with Gasteiger partial charge in [-0.3, -0.25) is 4.79 Å². The number of nitrogens with one attached hydrogen (secondary N) is 1. The summed E-state index contributed by atoms with van der Waals surface area (Å²) < 4.78 is 2.00. The van der Waals surface area contributed by atoms with Crippen LogP contribution in [0.3, 0.4) is 0 Å². The zero-order valence-corrected chi connectivity index (χ0v) is 16.6. The Balaban J connectivity index is 1.66. The number of hydrogen-bond acceptors (Lipinski definition) is 2. The molecule has 1 aromatic heterocycles. The van der Waals surface area contributed by atoms with Crippen molar-refractivity contribution < 1.29 is 4.79 Å². The lowest BCUT2D eigenvalue weighted by Gasteiger charge is -2.19. The summed E-state index contributed by atoms with van der Waals surface area (Å²) in [6.45, 7) is 7.00. The van der Waals surface area contributed by atoms with Gasteiger partial charge in [-0.1, -0.05) is 69.2 Å². The van der Waals surface area contributed by atoms with E-state index in [0.717, 1.165) is 22.0 Å². The molecule has 1 amide bonds. The number of para-hydroxylation sites is 1. The minimum Gasteiger partial charge on any atom is -0.335 e. The van der Waals surface area contributed by atoms with Gasteiger partial charge in [0.15, 0.2) is 0 Å². The fourth-order valence-electron chi connectivity index (χ4n) is 3.13. The Labute approximate surface area is 166 Å². The second kappa shape index (κ2) is 8.14. The van der Waals surface area contributed by atoms with E-state index in [1.807, 2.05) is 47.2 Å². The zero-order chi connectivity index (χ0) is 20.1. The fourth-order valence-corrected chi connectivity index (χ4v) is 3.13. The molecule has 0 saturated heterocycles. The quantitative estimate of drug-likeness (QED) is 0.406. The summed E-state index contributed by atoms with van der Waals surface area (Å²) in [7, 11) is 0. The van der Waals surface area contributed by atoms with Gasteiger partial charge in [0.05, 0.1) is 19.2 Å². The number of aromatic nitrogens is 1. The highest BCUT2D eigenvalue weighted by molar-refractivity contribution is 5.99. The third-order valence-corrected chi connectivity index (χ3v) is 4.66. The average molecular weight is 371 g/mol. The van der Waals surface area contributed by atoms with E-state index in [9.17, 15) is 4.79 Å². The van der Waals surface area contributed by atoms with E-state index in [4.69, 9.17) is 6.42 Å². The third kappa shape index (κ3) is 4.50. The Morgan fingerprint density at radius 1 is 1.18 bits per heavy atom. The van der Waals surface area contributed by atoms with Crippen molar-refractivity contribution in [3.63, 3.8) is 0 Å². The van der Waals surface area contributed by atoms with E-state index < -0.39 is 0 Å². The molecule has 4 nitrogen and oxygen atoms in total. The molecule has 0 unspecified atom stereocenters. The first-order valence-corrected chi connectivity index (χ1v) is 9.31. The highest BCUT2D eigenvalue weighted by Crippen LogP contribution is 2.22. The molecule has 4 heteroatoms. The normalized spacial score (nSPS) is 11.6. The smallest absolute Gasteiger partial charge is 0.244 e. The van der Waals surface area contributed by atoms with Crippen LogP contribution >= 0.6 is 0 Å². The number of benzene rings is 2. The highest BCUT2D eigenvalue weighted by Gasteiger charge is 2.13. The van der Waals surface area contributed by atoms with Crippen LogP contribution in [0.5, 0.6) is 0 Å². The molecular weight excluding hydrogens is 346 g/mol. The van der Waals surface area contributed by atoms with Crippen molar-refractivity contribution in [2.24, 2.45) is 5.10 Å². The van der Waals surface area contributed by atoms with Crippen LogP contribution in [0.15, 0.2) is 59.8 Å². The first kappa shape index (κ1) is 19.4. The average Bonchev–Trinajstić information content (AvgIpc) is 3.00. The van der Waals surface area contributed by atoms with E-state index in [-0.39, 0.29) is 11.3 Å². The number of hydrogen-bond donors (Lipinski definition) is 1. The van der Waals surface area contributed by atoms with Crippen molar-refractivity contribution >= 4 is 23.0 Å². The topological polar surface area (TPSA) is 46.4 Å². The van der Waals surface area contributed by atoms with Crippen LogP contribution < -0.4 is 5.43 Å². The third-order valence-electron chi connectivity index (χ3n) is 4.66. The lowest BCUT2D eigenvalue weighted by Crippen LogP contribution is -2.20. The molecule has 28 heavy (non-hydrogen) atoms. The van der Waals surface area contributed by atoms with Crippen molar-refractivity contribution in [1.29, 1.82) is 0 Å². The lowest BCUT2D eigenvalue weighted by atomic mass is 9.86. The number of amides is 1. The zero-order valence-electron chi connectivity index (χ0n) is 16.6. The molecule has 0 bridgehead atoms. The van der Waals surface area contributed by atoms with Gasteiger partial charge in [-0.05, 0) is 22.6 Å². The van der Waals surface area contributed by atoms with Crippen molar-refractivity contribution in [2.75, 3.05) is 0 Å². The molecule has 0 spiro atoms. The molecule has 3 aromatic rings. The standard InChI is InChI=1S/C24H25N3O/c1-5-14-27-17-19(21-8-6-7-9-22(21)27)16-25-26-23(28)15-18-10-12-20(13-11-18)24(2,3)4/h1,6-13,16-17H,14-15H2,2-4H3,(H,26,28)/b25-16-. The Hall–Kier alpha value is -3.32. The second-order valence-corrected chi connectivity index (χ2v) is 7.85. The van der Waals surface area contributed by atoms with Crippen molar-refractivity contribution in [3.8, 4) is 12.3 Å². The van der Waals surface area contributed by atoms with Crippen LogP contribution in [0.4, 0.5) is 0 Å². The van der Waals surface area contributed by atoms with E-state index in [2.05, 4.69) is 49.4 Å². The Bertz CT molecular complexity index is 1040. The van der Waals surface area contributed by atoms with Crippen molar-refractivity contribution in [2.45, 2.75) is 39.2 Å². The summed E-state index contributed by atoms with van der Waals surface area (Å²) in [5, 5.41) is 5.18. The molecule has 0 aliphatic carbocycles. The molecule has 0 radical (unpaired) electrons. The number of carbonyl (C=O) groups excluding carboxylic acids is 1. The van der Waals surface area contributed by atoms with Gasteiger partial charge in [-0.15, -0.1) is 6.42 Å². The van der Waals surface area contributed by atoms with Gasteiger partial charge in [0.25, 0.3) is 0 Å². The van der Waals surface area contributed by atoms with Crippen LogP contribution in [0.2, 0.25) is 0 Å². The minimum atomic E-state index is -0.146. The van der Waals surface area contributed by atoms with Gasteiger partial charge in [-0.2, -0.15) is 5.10 Å². The number of terminal acetylenes is 1. The van der Waals surface area contributed by atoms with Crippen LogP contribution in [0, 0.1) is 12.3 Å². The lowest BCUT2D eigenvalue weighted by molar-refractivity contribution is -0.120. The Kier molecular flexibility index (Phi) is 5.65. The number of rotatable bonds is 5. The van der Waals surface area contributed by atoms with Gasteiger partial charge in [0.2, 0.25) is 5.91 Å². The fraction of sp³-hybridized carbons (Fsp3) is 0.250. The summed E-state index contributed by atoms with van der Waals surface area (Å²) in [6, 6.07) is 16.1. The summed E-state index contributed by atoms with van der Waals surface area (Å²) in [6.07, 6.45) is 9.35. The van der Waals surface area contributed by atoms with Gasteiger partial charge >= 0.3 is 0 Å². The SMILES string of the molecule is C#CCn1cc(/C=N\NC(=O)Cc2ccc(C(C)(C)C)cc2)c2ccccc21. The molecular formula is C24H25N3O. The first-order chi connectivity index (χ1) is 13.4. The Morgan fingerprint density at radius 2 is 1.89 bits per heavy atom. The molecule has 0 aliphatic rings. The molecule has 2 aromatic carbocycles.